The average molecular weight is 584 g/mol. The third-order valence-corrected chi connectivity index (χ3v) is 8.71. The van der Waals surface area contributed by atoms with Gasteiger partial charge < -0.3 is 20.6 Å². The molecule has 0 rings (SSSR count). The number of carbonyl (C=O) groups is 1. The van der Waals surface area contributed by atoms with Crippen molar-refractivity contribution in [3.8, 4) is 0 Å². The van der Waals surface area contributed by atoms with Crippen molar-refractivity contribution in [3.63, 3.8) is 0 Å². The highest BCUT2D eigenvalue weighted by atomic mass is 16.3. The quantitative estimate of drug-likeness (QED) is 0.0579. The zero-order valence-electron chi connectivity index (χ0n) is 27.7. The Bertz CT molecular complexity index is 530. The van der Waals surface area contributed by atoms with Crippen LogP contribution in [0.15, 0.2) is 0 Å². The molecule has 41 heavy (non-hydrogen) atoms. The Morgan fingerprint density at radius 2 is 0.829 bits per heavy atom. The molecule has 4 N–H and O–H groups in total. The van der Waals surface area contributed by atoms with Crippen LogP contribution in [0.3, 0.4) is 0 Å². The van der Waals surface area contributed by atoms with Crippen LogP contribution >= 0.6 is 0 Å². The number of rotatable bonds is 33. The van der Waals surface area contributed by atoms with Crippen LogP contribution in [0.5, 0.6) is 0 Å². The standard InChI is InChI=1S/C36H73NO4/c1-3-5-7-9-11-13-15-17-18-19-21-23-25-27-29-31-35(40)37-33(32-38)36(41)34(39)30-28-26-24-22-20-16-14-12-10-8-6-4-2/h33-34,36,38-39,41H,3-32H2,1-2H3,(H,37,40). The number of nitrogens with one attached hydrogen (secondary N) is 1. The molecule has 3 atom stereocenters. The molecule has 3 unspecified atom stereocenters. The molecule has 246 valence electrons. The van der Waals surface area contributed by atoms with Gasteiger partial charge in [0.2, 0.25) is 5.91 Å². The molecule has 0 radical (unpaired) electrons. The summed E-state index contributed by atoms with van der Waals surface area (Å²) in [6.07, 6.45) is 33.3. The van der Waals surface area contributed by atoms with Gasteiger partial charge in [0.25, 0.3) is 0 Å². The molecular formula is C36H73NO4. The molecule has 0 aliphatic heterocycles. The maximum absolute atomic E-state index is 12.3. The van der Waals surface area contributed by atoms with Crippen molar-refractivity contribution in [1.82, 2.24) is 5.32 Å². The van der Waals surface area contributed by atoms with E-state index in [0.29, 0.717) is 12.8 Å². The third-order valence-electron chi connectivity index (χ3n) is 8.71. The number of aliphatic hydroxyl groups is 3. The number of unbranched alkanes of at least 4 members (excludes halogenated alkanes) is 25. The van der Waals surface area contributed by atoms with E-state index in [2.05, 4.69) is 19.2 Å². The first kappa shape index (κ1) is 40.4. The van der Waals surface area contributed by atoms with E-state index in [-0.39, 0.29) is 12.5 Å². The van der Waals surface area contributed by atoms with Gasteiger partial charge in [0.1, 0.15) is 6.10 Å². The fourth-order valence-corrected chi connectivity index (χ4v) is 5.81. The van der Waals surface area contributed by atoms with Crippen LogP contribution in [0, 0.1) is 0 Å². The Hall–Kier alpha value is -0.650. The number of hydrogen-bond acceptors (Lipinski definition) is 4. The second-order valence-electron chi connectivity index (χ2n) is 12.8. The zero-order chi connectivity index (χ0) is 30.2. The van der Waals surface area contributed by atoms with Gasteiger partial charge in [-0.15, -0.1) is 0 Å². The van der Waals surface area contributed by atoms with Crippen molar-refractivity contribution in [2.45, 2.75) is 218 Å². The summed E-state index contributed by atoms with van der Waals surface area (Å²) in [5.41, 5.74) is 0. The summed E-state index contributed by atoms with van der Waals surface area (Å²) >= 11 is 0. The van der Waals surface area contributed by atoms with E-state index in [9.17, 15) is 20.1 Å². The van der Waals surface area contributed by atoms with E-state index in [1.165, 1.54) is 135 Å². The van der Waals surface area contributed by atoms with Crippen molar-refractivity contribution in [3.05, 3.63) is 0 Å². The highest BCUT2D eigenvalue weighted by Gasteiger charge is 2.26. The first-order chi connectivity index (χ1) is 20.1. The van der Waals surface area contributed by atoms with Gasteiger partial charge in [-0.1, -0.05) is 181 Å². The normalized spacial score (nSPS) is 13.8. The van der Waals surface area contributed by atoms with Gasteiger partial charge >= 0.3 is 0 Å². The molecule has 0 aromatic heterocycles. The summed E-state index contributed by atoms with van der Waals surface area (Å²) < 4.78 is 0. The fourth-order valence-electron chi connectivity index (χ4n) is 5.81. The third kappa shape index (κ3) is 27.9. The molecule has 0 spiro atoms. The smallest absolute Gasteiger partial charge is 0.220 e. The summed E-state index contributed by atoms with van der Waals surface area (Å²) in [6, 6.07) is -0.800. The Morgan fingerprint density at radius 1 is 0.512 bits per heavy atom. The number of aliphatic hydroxyl groups excluding tert-OH is 3. The van der Waals surface area contributed by atoms with Crippen LogP contribution in [0.25, 0.3) is 0 Å². The largest absolute Gasteiger partial charge is 0.394 e. The minimum absolute atomic E-state index is 0.143. The van der Waals surface area contributed by atoms with E-state index in [1.807, 2.05) is 0 Å². The summed E-state index contributed by atoms with van der Waals surface area (Å²) in [5.74, 6) is -0.143. The van der Waals surface area contributed by atoms with Crippen molar-refractivity contribution < 1.29 is 20.1 Å². The molecule has 0 saturated heterocycles. The zero-order valence-corrected chi connectivity index (χ0v) is 27.7. The Balaban J connectivity index is 3.66. The Kier molecular flexibility index (Phi) is 31.8. The SMILES string of the molecule is CCCCCCCCCCCCCCCCCC(=O)NC(CO)C(O)C(O)CCCCCCCCCCCCCC. The second kappa shape index (κ2) is 32.3. The van der Waals surface area contributed by atoms with Crippen LogP contribution in [-0.4, -0.2) is 46.1 Å². The monoisotopic (exact) mass is 584 g/mol. The lowest BCUT2D eigenvalue weighted by atomic mass is 9.99. The molecule has 0 saturated carbocycles. The molecule has 1 amide bonds. The van der Waals surface area contributed by atoms with Gasteiger partial charge in [-0.05, 0) is 12.8 Å². The van der Waals surface area contributed by atoms with E-state index in [4.69, 9.17) is 0 Å². The molecule has 5 heteroatoms. The predicted octanol–water partition coefficient (Wildman–Crippen LogP) is 9.54. The molecule has 0 aliphatic rings. The van der Waals surface area contributed by atoms with Gasteiger partial charge in [-0.2, -0.15) is 0 Å². The van der Waals surface area contributed by atoms with Crippen LogP contribution in [-0.2, 0) is 4.79 Å². The minimum Gasteiger partial charge on any atom is -0.394 e. The molecule has 0 fully saturated rings. The van der Waals surface area contributed by atoms with Crippen molar-refractivity contribution in [2.75, 3.05) is 6.61 Å². The van der Waals surface area contributed by atoms with Crippen molar-refractivity contribution in [2.24, 2.45) is 0 Å². The second-order valence-corrected chi connectivity index (χ2v) is 12.8. The van der Waals surface area contributed by atoms with Gasteiger partial charge in [-0.25, -0.2) is 0 Å². The van der Waals surface area contributed by atoms with Crippen molar-refractivity contribution >= 4 is 5.91 Å². The van der Waals surface area contributed by atoms with E-state index >= 15 is 0 Å². The van der Waals surface area contributed by atoms with Gasteiger partial charge in [0, 0.05) is 6.42 Å². The Labute approximate surface area is 256 Å². The van der Waals surface area contributed by atoms with E-state index in [0.717, 1.165) is 38.5 Å². The van der Waals surface area contributed by atoms with Gasteiger partial charge in [-0.3, -0.25) is 4.79 Å². The molecular weight excluding hydrogens is 510 g/mol. The van der Waals surface area contributed by atoms with Gasteiger partial charge in [0.05, 0.1) is 18.8 Å². The summed E-state index contributed by atoms with van der Waals surface area (Å²) in [5, 5.41) is 33.3. The van der Waals surface area contributed by atoms with Crippen LogP contribution in [0.1, 0.15) is 200 Å². The number of hydrogen-bond donors (Lipinski definition) is 4. The predicted molar refractivity (Wildman–Crippen MR) is 176 cm³/mol. The lowest BCUT2D eigenvalue weighted by Gasteiger charge is -2.26. The molecule has 5 nitrogen and oxygen atoms in total. The van der Waals surface area contributed by atoms with Crippen LogP contribution < -0.4 is 5.32 Å². The number of amides is 1. The molecule has 0 heterocycles. The highest BCUT2D eigenvalue weighted by molar-refractivity contribution is 5.76. The summed E-state index contributed by atoms with van der Waals surface area (Å²) in [4.78, 5) is 12.3. The van der Waals surface area contributed by atoms with Crippen LogP contribution in [0.4, 0.5) is 0 Å². The van der Waals surface area contributed by atoms with Gasteiger partial charge in [0.15, 0.2) is 0 Å². The maximum atomic E-state index is 12.3. The van der Waals surface area contributed by atoms with Crippen LogP contribution in [0.2, 0.25) is 0 Å². The molecule has 0 bridgehead atoms. The minimum atomic E-state index is -1.13. The summed E-state index contributed by atoms with van der Waals surface area (Å²) in [6.45, 7) is 4.16. The maximum Gasteiger partial charge on any atom is 0.220 e. The average Bonchev–Trinajstić information content (AvgIpc) is 2.97. The molecule has 0 aromatic rings. The fraction of sp³-hybridized carbons (Fsp3) is 0.972. The first-order valence-corrected chi connectivity index (χ1v) is 18.3. The topological polar surface area (TPSA) is 89.8 Å². The Morgan fingerprint density at radius 3 is 1.17 bits per heavy atom. The summed E-state index contributed by atoms with van der Waals surface area (Å²) in [7, 11) is 0. The lowest BCUT2D eigenvalue weighted by Crippen LogP contribution is -2.50. The number of carbonyl (C=O) groups excluding carboxylic acids is 1. The van der Waals surface area contributed by atoms with E-state index < -0.39 is 18.2 Å². The molecule has 0 aromatic carbocycles. The highest BCUT2D eigenvalue weighted by Crippen LogP contribution is 2.16. The molecule has 0 aliphatic carbocycles. The first-order valence-electron chi connectivity index (χ1n) is 18.3. The lowest BCUT2D eigenvalue weighted by molar-refractivity contribution is -0.124. The van der Waals surface area contributed by atoms with E-state index in [1.54, 1.807) is 0 Å². The van der Waals surface area contributed by atoms with Crippen molar-refractivity contribution in [1.29, 1.82) is 0 Å².